The third-order valence-corrected chi connectivity index (χ3v) is 9.64. The monoisotopic (exact) mass is 686 g/mol. The number of carbonyl (C=O) groups is 2. The lowest BCUT2D eigenvalue weighted by molar-refractivity contribution is -0.206. The van der Waals surface area contributed by atoms with Crippen LogP contribution in [0.15, 0.2) is 17.3 Å². The lowest BCUT2D eigenvalue weighted by Gasteiger charge is -2.38. The smallest absolute Gasteiger partial charge is 0.210 e. The number of Topliss-reactive ketones (excluding diaryl/α,β-unsaturated/α-hetero) is 2. The summed E-state index contributed by atoms with van der Waals surface area (Å²) in [7, 11) is 1.86. The van der Waals surface area contributed by atoms with Gasteiger partial charge in [0.25, 0.3) is 0 Å². The number of aryl methyl sites for hydroxylation is 1. The summed E-state index contributed by atoms with van der Waals surface area (Å²) >= 11 is 3.67. The molecule has 4 heterocycles. The molecule has 3 aromatic rings. The van der Waals surface area contributed by atoms with Gasteiger partial charge in [0.15, 0.2) is 23.0 Å². The minimum absolute atomic E-state index is 0.0649. The highest BCUT2D eigenvalue weighted by molar-refractivity contribution is 14.2. The van der Waals surface area contributed by atoms with Gasteiger partial charge in [-0.15, -0.1) is 11.8 Å². The van der Waals surface area contributed by atoms with Gasteiger partial charge >= 0.3 is 0 Å². The Hall–Kier alpha value is -1.47. The molecule has 0 N–H and O–H groups in total. The SMILES string of the molecule is CC.CCCCC1(C2CCCC(C(=O)c3nc(SC)c4c(-c5ccn(C)n5)nn(PI)c4n3)C2=O)OCCO1. The predicted molar refractivity (Wildman–Crippen MR) is 163 cm³/mol. The molecule has 10 nitrogen and oxygen atoms in total. The van der Waals surface area contributed by atoms with Crippen molar-refractivity contribution in [2.24, 2.45) is 18.9 Å². The van der Waals surface area contributed by atoms with Gasteiger partial charge in [-0.25, -0.2) is 14.4 Å². The third kappa shape index (κ3) is 5.95. The van der Waals surface area contributed by atoms with E-state index in [0.29, 0.717) is 48.8 Å². The number of fused-ring (bicyclic) bond motifs is 1. The van der Waals surface area contributed by atoms with E-state index in [0.717, 1.165) is 30.3 Å². The average Bonchev–Trinajstić information content (AvgIpc) is 3.71. The number of aromatic nitrogens is 6. The van der Waals surface area contributed by atoms with Gasteiger partial charge < -0.3 is 9.47 Å². The number of unbranched alkanes of at least 4 members (excludes halogenated alkanes) is 1. The molecule has 3 aromatic heterocycles. The summed E-state index contributed by atoms with van der Waals surface area (Å²) in [5.74, 6) is -2.55. The second kappa shape index (κ2) is 13.5. The largest absolute Gasteiger partial charge is 0.347 e. The third-order valence-electron chi connectivity index (χ3n) is 7.12. The van der Waals surface area contributed by atoms with Crippen LogP contribution in [0.4, 0.5) is 0 Å². The summed E-state index contributed by atoms with van der Waals surface area (Å²) in [6.07, 6.45) is 8.49. The number of hydrogen-bond donors (Lipinski definition) is 0. The van der Waals surface area contributed by atoms with E-state index in [2.05, 4.69) is 44.0 Å². The molecule has 13 heteroatoms. The molecule has 212 valence electrons. The van der Waals surface area contributed by atoms with E-state index < -0.39 is 17.6 Å². The van der Waals surface area contributed by atoms with Crippen LogP contribution in [-0.2, 0) is 21.3 Å². The molecule has 3 unspecified atom stereocenters. The van der Waals surface area contributed by atoms with Crippen molar-refractivity contribution in [1.29, 1.82) is 0 Å². The molecular weight excluding hydrogens is 650 g/mol. The summed E-state index contributed by atoms with van der Waals surface area (Å²) in [6, 6.07) is 1.90. The zero-order valence-corrected chi connectivity index (χ0v) is 27.0. The number of ketones is 2. The number of rotatable bonds is 9. The highest BCUT2D eigenvalue weighted by atomic mass is 127. The topological polar surface area (TPSA) is 114 Å². The number of halogens is 1. The van der Waals surface area contributed by atoms with E-state index in [1.165, 1.54) is 11.8 Å². The van der Waals surface area contributed by atoms with Crippen molar-refractivity contribution in [2.75, 3.05) is 19.5 Å². The van der Waals surface area contributed by atoms with E-state index in [1.54, 1.807) is 9.13 Å². The molecule has 3 atom stereocenters. The highest BCUT2D eigenvalue weighted by Gasteiger charge is 2.51. The minimum Gasteiger partial charge on any atom is -0.347 e. The lowest BCUT2D eigenvalue weighted by atomic mass is 9.73. The maximum Gasteiger partial charge on any atom is 0.210 e. The Labute approximate surface area is 248 Å². The van der Waals surface area contributed by atoms with Crippen LogP contribution in [0.25, 0.3) is 22.4 Å². The zero-order valence-electron chi connectivity index (χ0n) is 23.1. The Morgan fingerprint density at radius 2 is 1.97 bits per heavy atom. The van der Waals surface area contributed by atoms with Gasteiger partial charge in [-0.05, 0) is 53.6 Å². The number of hydrogen-bond acceptors (Lipinski definition) is 9. The summed E-state index contributed by atoms with van der Waals surface area (Å²) in [4.78, 5) is 36.9. The quantitative estimate of drug-likeness (QED) is 0.0682. The normalized spacial score (nSPS) is 21.0. The van der Waals surface area contributed by atoms with Crippen molar-refractivity contribution in [3.8, 4) is 11.4 Å². The van der Waals surface area contributed by atoms with Crippen molar-refractivity contribution in [2.45, 2.75) is 70.1 Å². The van der Waals surface area contributed by atoms with Gasteiger partial charge in [0.2, 0.25) is 5.78 Å². The molecule has 0 bridgehead atoms. The summed E-state index contributed by atoms with van der Waals surface area (Å²) in [5.41, 5.74) is 1.99. The number of carbonyl (C=O) groups excluding carboxylic acids is 2. The first kappa shape index (κ1) is 30.5. The van der Waals surface area contributed by atoms with Crippen molar-refractivity contribution in [1.82, 2.24) is 29.3 Å². The van der Waals surface area contributed by atoms with E-state index >= 15 is 0 Å². The second-order valence-electron chi connectivity index (χ2n) is 9.39. The minimum atomic E-state index is -0.917. The van der Waals surface area contributed by atoms with Gasteiger partial charge in [-0.2, -0.15) is 10.2 Å². The maximum absolute atomic E-state index is 13.8. The van der Waals surface area contributed by atoms with Crippen molar-refractivity contribution < 1.29 is 19.1 Å². The van der Waals surface area contributed by atoms with Crippen LogP contribution in [0.3, 0.4) is 0 Å². The summed E-state index contributed by atoms with van der Waals surface area (Å²) in [5, 5.41) is 10.7. The zero-order chi connectivity index (χ0) is 28.2. The van der Waals surface area contributed by atoms with Gasteiger partial charge in [0.1, 0.15) is 16.4 Å². The molecule has 39 heavy (non-hydrogen) atoms. The molecule has 1 aliphatic carbocycles. The van der Waals surface area contributed by atoms with Crippen molar-refractivity contribution in [3.05, 3.63) is 18.1 Å². The highest BCUT2D eigenvalue weighted by Crippen LogP contribution is 2.43. The molecule has 2 fully saturated rings. The first-order valence-corrected chi connectivity index (χ1v) is 18.8. The molecule has 1 saturated carbocycles. The Bertz CT molecular complexity index is 1330. The fourth-order valence-electron chi connectivity index (χ4n) is 5.34. The van der Waals surface area contributed by atoms with Crippen LogP contribution < -0.4 is 0 Å². The van der Waals surface area contributed by atoms with Gasteiger partial charge in [-0.1, -0.05) is 33.6 Å². The Kier molecular flexibility index (Phi) is 10.5. The number of nitrogens with zero attached hydrogens (tertiary/aromatic N) is 6. The van der Waals surface area contributed by atoms with E-state index in [4.69, 9.17) is 14.6 Å². The number of ether oxygens (including phenoxy) is 2. The second-order valence-corrected chi connectivity index (χ2v) is 12.2. The van der Waals surface area contributed by atoms with Crippen LogP contribution in [0.2, 0.25) is 0 Å². The van der Waals surface area contributed by atoms with Gasteiger partial charge in [-0.3, -0.25) is 14.3 Å². The molecule has 0 amide bonds. The lowest BCUT2D eigenvalue weighted by Crippen LogP contribution is -2.49. The fraction of sp³-hybridized carbons (Fsp3) is 0.615. The molecule has 0 aromatic carbocycles. The molecule has 2 aliphatic rings. The van der Waals surface area contributed by atoms with Crippen LogP contribution in [0.1, 0.15) is 69.9 Å². The van der Waals surface area contributed by atoms with Crippen molar-refractivity contribution >= 4 is 62.8 Å². The Balaban J connectivity index is 0.00000172. The van der Waals surface area contributed by atoms with Gasteiger partial charge in [0, 0.05) is 19.7 Å². The fourth-order valence-corrected chi connectivity index (χ4v) is 7.30. The number of thioether (sulfide) groups is 1. The molecule has 1 saturated heterocycles. The van der Waals surface area contributed by atoms with Crippen LogP contribution in [0, 0.1) is 11.8 Å². The van der Waals surface area contributed by atoms with Crippen molar-refractivity contribution in [3.63, 3.8) is 0 Å². The molecule has 0 spiro atoms. The predicted octanol–water partition coefficient (Wildman–Crippen LogP) is 5.87. The van der Waals surface area contributed by atoms with Gasteiger partial charge in [0.05, 0.1) is 36.8 Å². The first-order chi connectivity index (χ1) is 18.9. The van der Waals surface area contributed by atoms with Crippen LogP contribution >= 0.6 is 40.2 Å². The maximum atomic E-state index is 13.8. The Morgan fingerprint density at radius 3 is 2.59 bits per heavy atom. The first-order valence-electron chi connectivity index (χ1n) is 13.5. The summed E-state index contributed by atoms with van der Waals surface area (Å²) < 4.78 is 15.6. The molecule has 1 aliphatic heterocycles. The average molecular weight is 687 g/mol. The molecule has 5 rings (SSSR count). The van der Waals surface area contributed by atoms with E-state index in [9.17, 15) is 9.59 Å². The standard InChI is InChI=1S/C24H30IN6O4PS.C2H6/c1-4-5-10-24(34-12-13-35-24)15-8-6-7-14(19(15)32)20(33)21-26-22-17(23(27-21)37-3)18(29-31(22)36-25)16-9-11-30(2)28-16;1-2/h9,11,14-15,36H,4-8,10,12-13H2,1-3H3;1-2H3. The molecular formula is C26H36IN6O4PS. The summed E-state index contributed by atoms with van der Waals surface area (Å²) in [6.45, 7) is 7.06. The Morgan fingerprint density at radius 1 is 1.23 bits per heavy atom. The van der Waals surface area contributed by atoms with E-state index in [-0.39, 0.29) is 23.8 Å². The van der Waals surface area contributed by atoms with E-state index in [1.807, 2.05) is 39.4 Å². The van der Waals surface area contributed by atoms with Crippen LogP contribution in [0.5, 0.6) is 0 Å². The molecule has 0 radical (unpaired) electrons. The van der Waals surface area contributed by atoms with Crippen LogP contribution in [-0.4, -0.2) is 66.1 Å².